The highest BCUT2D eigenvalue weighted by Crippen LogP contribution is 2.37. The first-order chi connectivity index (χ1) is 13.6. The van der Waals surface area contributed by atoms with Gasteiger partial charge < -0.3 is 13.8 Å². The molecule has 1 aliphatic rings. The van der Waals surface area contributed by atoms with E-state index in [9.17, 15) is 18.0 Å². The van der Waals surface area contributed by atoms with Crippen LogP contribution in [0.2, 0.25) is 10.0 Å². The Balaban J connectivity index is 1.91. The molecule has 154 valence electrons. The Morgan fingerprint density at radius 2 is 1.79 bits per heavy atom. The van der Waals surface area contributed by atoms with E-state index in [1.807, 2.05) is 0 Å². The summed E-state index contributed by atoms with van der Waals surface area (Å²) in [6.45, 7) is 3.76. The van der Waals surface area contributed by atoms with Crippen molar-refractivity contribution in [1.82, 2.24) is 0 Å². The predicted octanol–water partition coefficient (Wildman–Crippen LogP) is 3.85. The summed E-state index contributed by atoms with van der Waals surface area (Å²) in [6, 6.07) is 6.83. The molecular formula is C19H17Cl2NO6S. The van der Waals surface area contributed by atoms with Crippen molar-refractivity contribution < 1.29 is 26.9 Å². The zero-order valence-corrected chi connectivity index (χ0v) is 17.9. The van der Waals surface area contributed by atoms with Crippen LogP contribution in [0.25, 0.3) is 0 Å². The van der Waals surface area contributed by atoms with Gasteiger partial charge in [0, 0.05) is 19.2 Å². The lowest BCUT2D eigenvalue weighted by molar-refractivity contribution is -0.116. The standard InChI is InChI=1S/C19H17Cl2NO6S/c1-3-27-19(24)13-9-15(20)18(16(21)10-13)28-29(25,26)14-4-5-17-12(8-14)6-7-22(17)11(2)23/h4-5,8-10H,3,6-7H2,1-2H3. The van der Waals surface area contributed by atoms with E-state index in [0.717, 1.165) is 5.56 Å². The van der Waals surface area contributed by atoms with Crippen LogP contribution in [-0.4, -0.2) is 33.4 Å². The van der Waals surface area contributed by atoms with Crippen LogP contribution in [0.1, 0.15) is 29.8 Å². The third-order valence-corrected chi connectivity index (χ3v) is 6.10. The Hall–Kier alpha value is -2.29. The Morgan fingerprint density at radius 1 is 1.14 bits per heavy atom. The van der Waals surface area contributed by atoms with Gasteiger partial charge in [0.25, 0.3) is 0 Å². The number of carbonyl (C=O) groups is 2. The van der Waals surface area contributed by atoms with Gasteiger partial charge in [-0.25, -0.2) is 4.79 Å². The molecule has 7 nitrogen and oxygen atoms in total. The third-order valence-electron chi connectivity index (χ3n) is 4.32. The van der Waals surface area contributed by atoms with E-state index in [1.54, 1.807) is 17.9 Å². The van der Waals surface area contributed by atoms with Crippen molar-refractivity contribution in [2.75, 3.05) is 18.1 Å². The Bertz CT molecular complexity index is 1080. The van der Waals surface area contributed by atoms with Gasteiger partial charge in [-0.2, -0.15) is 8.42 Å². The Morgan fingerprint density at radius 3 is 2.38 bits per heavy atom. The highest BCUT2D eigenvalue weighted by molar-refractivity contribution is 7.87. The summed E-state index contributed by atoms with van der Waals surface area (Å²) >= 11 is 12.2. The maximum atomic E-state index is 12.7. The Labute approximate surface area is 178 Å². The number of esters is 1. The van der Waals surface area contributed by atoms with Gasteiger partial charge in [-0.05, 0) is 49.2 Å². The summed E-state index contributed by atoms with van der Waals surface area (Å²) in [7, 11) is -4.25. The largest absolute Gasteiger partial charge is 0.462 e. The first-order valence-electron chi connectivity index (χ1n) is 8.65. The fourth-order valence-corrected chi connectivity index (χ4v) is 4.66. The molecule has 1 aliphatic heterocycles. The molecule has 0 radical (unpaired) electrons. The number of benzene rings is 2. The number of hydrogen-bond donors (Lipinski definition) is 0. The number of carbonyl (C=O) groups excluding carboxylic acids is 2. The topological polar surface area (TPSA) is 90.0 Å². The molecule has 0 spiro atoms. The van der Waals surface area contributed by atoms with Crippen LogP contribution in [-0.2, 0) is 26.1 Å². The van der Waals surface area contributed by atoms with Crippen LogP contribution in [0.5, 0.6) is 5.75 Å². The van der Waals surface area contributed by atoms with Gasteiger partial charge in [0.05, 0.1) is 22.2 Å². The molecule has 0 saturated heterocycles. The summed E-state index contributed by atoms with van der Waals surface area (Å²) in [5.41, 5.74) is 1.47. The van der Waals surface area contributed by atoms with Crippen LogP contribution in [0.15, 0.2) is 35.2 Å². The molecule has 0 fully saturated rings. The second kappa shape index (κ2) is 8.22. The smallest absolute Gasteiger partial charge is 0.339 e. The van der Waals surface area contributed by atoms with Crippen molar-refractivity contribution in [3.8, 4) is 5.75 Å². The molecule has 0 aromatic heterocycles. The normalized spacial score (nSPS) is 13.2. The number of ether oxygens (including phenoxy) is 1. The Kier molecular flexibility index (Phi) is 6.07. The van der Waals surface area contributed by atoms with Crippen LogP contribution < -0.4 is 9.08 Å². The van der Waals surface area contributed by atoms with Gasteiger partial charge in [-0.15, -0.1) is 0 Å². The van der Waals surface area contributed by atoms with Gasteiger partial charge in [0.1, 0.15) is 4.90 Å². The number of amides is 1. The molecule has 0 atom stereocenters. The van der Waals surface area contributed by atoms with Crippen molar-refractivity contribution in [2.45, 2.75) is 25.2 Å². The minimum Gasteiger partial charge on any atom is -0.462 e. The first kappa shape index (κ1) is 21.4. The summed E-state index contributed by atoms with van der Waals surface area (Å²) < 4.78 is 35.5. The van der Waals surface area contributed by atoms with E-state index >= 15 is 0 Å². The average molecular weight is 458 g/mol. The van der Waals surface area contributed by atoms with Gasteiger partial charge >= 0.3 is 16.1 Å². The van der Waals surface area contributed by atoms with Gasteiger partial charge in [-0.1, -0.05) is 23.2 Å². The molecule has 0 aliphatic carbocycles. The van der Waals surface area contributed by atoms with E-state index in [-0.39, 0.29) is 38.8 Å². The third kappa shape index (κ3) is 4.34. The predicted molar refractivity (Wildman–Crippen MR) is 108 cm³/mol. The molecule has 2 aromatic rings. The zero-order chi connectivity index (χ0) is 21.3. The lowest BCUT2D eigenvalue weighted by Crippen LogP contribution is -2.25. The summed E-state index contributed by atoms with van der Waals surface area (Å²) in [5.74, 6) is -1.04. The fraction of sp³-hybridized carbons (Fsp3) is 0.263. The molecular weight excluding hydrogens is 441 g/mol. The monoisotopic (exact) mass is 457 g/mol. The molecule has 0 saturated carbocycles. The molecule has 3 rings (SSSR count). The maximum absolute atomic E-state index is 12.7. The van der Waals surface area contributed by atoms with Crippen molar-refractivity contribution in [2.24, 2.45) is 0 Å². The van der Waals surface area contributed by atoms with Crippen LogP contribution in [0.3, 0.4) is 0 Å². The summed E-state index contributed by atoms with van der Waals surface area (Å²) in [6.07, 6.45) is 0.536. The van der Waals surface area contributed by atoms with E-state index < -0.39 is 16.1 Å². The number of rotatable bonds is 5. The van der Waals surface area contributed by atoms with Crippen molar-refractivity contribution in [3.63, 3.8) is 0 Å². The quantitative estimate of drug-likeness (QED) is 0.500. The lowest BCUT2D eigenvalue weighted by atomic mass is 10.2. The minimum atomic E-state index is -4.25. The van der Waals surface area contributed by atoms with Gasteiger partial charge in [0.2, 0.25) is 5.91 Å². The molecule has 10 heteroatoms. The van der Waals surface area contributed by atoms with Crippen LogP contribution in [0.4, 0.5) is 5.69 Å². The fourth-order valence-electron chi connectivity index (χ4n) is 2.99. The van der Waals surface area contributed by atoms with E-state index in [4.69, 9.17) is 32.1 Å². The van der Waals surface area contributed by atoms with Gasteiger partial charge in [0.15, 0.2) is 5.75 Å². The molecule has 0 N–H and O–H groups in total. The molecule has 0 bridgehead atoms. The second-order valence-corrected chi connectivity index (χ2v) is 8.60. The van der Waals surface area contributed by atoms with E-state index in [2.05, 4.69) is 0 Å². The second-order valence-electron chi connectivity index (χ2n) is 6.24. The van der Waals surface area contributed by atoms with Crippen molar-refractivity contribution in [1.29, 1.82) is 0 Å². The lowest BCUT2D eigenvalue weighted by Gasteiger charge is -2.15. The zero-order valence-electron chi connectivity index (χ0n) is 15.6. The molecule has 1 heterocycles. The molecule has 2 aromatic carbocycles. The summed E-state index contributed by atoms with van der Waals surface area (Å²) in [4.78, 5) is 25.0. The highest BCUT2D eigenvalue weighted by Gasteiger charge is 2.27. The van der Waals surface area contributed by atoms with Crippen molar-refractivity contribution >= 4 is 50.9 Å². The number of hydrogen-bond acceptors (Lipinski definition) is 6. The number of fused-ring (bicyclic) bond motifs is 1. The molecule has 1 amide bonds. The molecule has 29 heavy (non-hydrogen) atoms. The minimum absolute atomic E-state index is 0.0773. The van der Waals surface area contributed by atoms with Crippen LogP contribution >= 0.6 is 23.2 Å². The number of anilines is 1. The van der Waals surface area contributed by atoms with Gasteiger partial charge in [-0.3, -0.25) is 4.79 Å². The summed E-state index contributed by atoms with van der Waals surface area (Å²) in [5, 5.41) is -0.291. The first-order valence-corrected chi connectivity index (χ1v) is 10.8. The van der Waals surface area contributed by atoms with Crippen LogP contribution in [0, 0.1) is 0 Å². The SMILES string of the molecule is CCOC(=O)c1cc(Cl)c(OS(=O)(=O)c2ccc3c(c2)CCN3C(C)=O)c(Cl)c1. The number of nitrogens with zero attached hydrogens (tertiary/aromatic N) is 1. The maximum Gasteiger partial charge on any atom is 0.339 e. The van der Waals surface area contributed by atoms with Crippen molar-refractivity contribution in [3.05, 3.63) is 51.5 Å². The average Bonchev–Trinajstić information content (AvgIpc) is 3.08. The highest BCUT2D eigenvalue weighted by atomic mass is 35.5. The van der Waals surface area contributed by atoms with E-state index in [0.29, 0.717) is 18.7 Å². The molecule has 0 unspecified atom stereocenters. The number of halogens is 2. The van der Waals surface area contributed by atoms with E-state index in [1.165, 1.54) is 31.2 Å².